The predicted octanol–water partition coefficient (Wildman–Crippen LogP) is 4.41. The highest BCUT2D eigenvalue weighted by molar-refractivity contribution is 7.09. The molecular weight excluding hydrogens is 270 g/mol. The van der Waals surface area contributed by atoms with Crippen molar-refractivity contribution in [3.05, 3.63) is 16.1 Å². The molecule has 0 bridgehead atoms. The van der Waals surface area contributed by atoms with Crippen LogP contribution >= 0.6 is 11.3 Å². The summed E-state index contributed by atoms with van der Waals surface area (Å²) in [6.45, 7) is 6.43. The summed E-state index contributed by atoms with van der Waals surface area (Å²) in [5.74, 6) is -0.632. The molecule has 1 aliphatic rings. The number of thiazole rings is 1. The summed E-state index contributed by atoms with van der Waals surface area (Å²) in [6, 6.07) is 0. The van der Waals surface area contributed by atoms with Crippen LogP contribution in [0.5, 0.6) is 0 Å². The van der Waals surface area contributed by atoms with E-state index in [0.29, 0.717) is 6.42 Å². The minimum atomic E-state index is -0.632. The molecule has 0 amide bonds. The highest BCUT2D eigenvalue weighted by Crippen LogP contribution is 2.39. The van der Waals surface area contributed by atoms with Gasteiger partial charge in [-0.1, -0.05) is 46.5 Å². The van der Waals surface area contributed by atoms with Gasteiger partial charge < -0.3 is 5.11 Å². The van der Waals surface area contributed by atoms with E-state index in [9.17, 15) is 9.90 Å². The number of carboxylic acid groups (broad SMARTS) is 1. The first-order chi connectivity index (χ1) is 9.33. The maximum absolute atomic E-state index is 11.8. The maximum atomic E-state index is 11.8. The van der Waals surface area contributed by atoms with Crippen LogP contribution in [-0.2, 0) is 16.6 Å². The van der Waals surface area contributed by atoms with Crippen LogP contribution in [0, 0.1) is 5.41 Å². The highest BCUT2D eigenvalue weighted by atomic mass is 32.1. The molecule has 1 aliphatic carbocycles. The van der Waals surface area contributed by atoms with Crippen molar-refractivity contribution in [2.24, 2.45) is 5.41 Å². The monoisotopic (exact) mass is 295 g/mol. The third-order valence-electron chi connectivity index (χ3n) is 4.32. The van der Waals surface area contributed by atoms with Crippen LogP contribution in [-0.4, -0.2) is 16.1 Å². The molecule has 0 radical (unpaired) electrons. The van der Waals surface area contributed by atoms with Gasteiger partial charge in [0.05, 0.1) is 16.1 Å². The molecule has 1 aromatic heterocycles. The third-order valence-corrected chi connectivity index (χ3v) is 5.17. The topological polar surface area (TPSA) is 50.2 Å². The summed E-state index contributed by atoms with van der Waals surface area (Å²) in [5.41, 5.74) is 0.532. The Balaban J connectivity index is 2.20. The molecule has 0 atom stereocenters. The third kappa shape index (κ3) is 3.40. The molecule has 1 heterocycles. The maximum Gasteiger partial charge on any atom is 0.310 e. The summed E-state index contributed by atoms with van der Waals surface area (Å²) in [5, 5.41) is 12.8. The number of aromatic nitrogens is 1. The number of hydrogen-bond donors (Lipinski definition) is 1. The number of carbonyl (C=O) groups is 1. The lowest BCUT2D eigenvalue weighted by molar-refractivity contribution is -0.149. The van der Waals surface area contributed by atoms with Gasteiger partial charge in [0.15, 0.2) is 0 Å². The molecule has 0 spiro atoms. The zero-order chi connectivity index (χ0) is 14.8. The minimum Gasteiger partial charge on any atom is -0.481 e. The van der Waals surface area contributed by atoms with E-state index < -0.39 is 11.4 Å². The minimum absolute atomic E-state index is 0.0363. The van der Waals surface area contributed by atoms with Gasteiger partial charge in [-0.05, 0) is 12.8 Å². The molecule has 1 saturated carbocycles. The Labute approximate surface area is 125 Å². The van der Waals surface area contributed by atoms with Crippen LogP contribution in [0.15, 0.2) is 5.38 Å². The normalized spacial score (nSPS) is 19.6. The van der Waals surface area contributed by atoms with Gasteiger partial charge in [0.2, 0.25) is 0 Å². The lowest BCUT2D eigenvalue weighted by Crippen LogP contribution is -2.33. The van der Waals surface area contributed by atoms with Gasteiger partial charge in [-0.3, -0.25) is 4.79 Å². The van der Waals surface area contributed by atoms with Gasteiger partial charge >= 0.3 is 5.97 Å². The second-order valence-corrected chi connectivity index (χ2v) is 8.00. The lowest BCUT2D eigenvalue weighted by atomic mass is 9.77. The fourth-order valence-electron chi connectivity index (χ4n) is 2.90. The quantitative estimate of drug-likeness (QED) is 0.840. The van der Waals surface area contributed by atoms with Crippen LogP contribution in [0.4, 0.5) is 0 Å². The average Bonchev–Trinajstić information content (AvgIpc) is 2.68. The summed E-state index contributed by atoms with van der Waals surface area (Å²) >= 11 is 1.62. The van der Waals surface area contributed by atoms with E-state index in [1.165, 1.54) is 12.8 Å². The number of aliphatic carboxylic acids is 1. The van der Waals surface area contributed by atoms with E-state index in [1.807, 2.05) is 0 Å². The molecule has 2 rings (SSSR count). The second-order valence-electron chi connectivity index (χ2n) is 7.05. The molecule has 1 N–H and O–H groups in total. The zero-order valence-electron chi connectivity index (χ0n) is 12.7. The Morgan fingerprint density at radius 2 is 1.90 bits per heavy atom. The van der Waals surface area contributed by atoms with Crippen LogP contribution in [0.3, 0.4) is 0 Å². The second kappa shape index (κ2) is 5.84. The number of carboxylic acids is 1. The molecular formula is C16H25NO2S. The molecule has 1 fully saturated rings. The van der Waals surface area contributed by atoms with E-state index in [2.05, 4.69) is 31.1 Å². The summed E-state index contributed by atoms with van der Waals surface area (Å²) < 4.78 is 0. The first-order valence-corrected chi connectivity index (χ1v) is 8.40. The van der Waals surface area contributed by atoms with Crippen molar-refractivity contribution in [3.63, 3.8) is 0 Å². The number of rotatable bonds is 3. The van der Waals surface area contributed by atoms with Crippen molar-refractivity contribution in [1.82, 2.24) is 4.98 Å². The Morgan fingerprint density at radius 1 is 1.30 bits per heavy atom. The molecule has 0 unspecified atom stereocenters. The first-order valence-electron chi connectivity index (χ1n) is 7.52. The molecule has 3 nitrogen and oxygen atoms in total. The average molecular weight is 295 g/mol. The Morgan fingerprint density at radius 3 is 2.35 bits per heavy atom. The molecule has 112 valence electrons. The Bertz CT molecular complexity index is 465. The summed E-state index contributed by atoms with van der Waals surface area (Å²) in [4.78, 5) is 16.5. The van der Waals surface area contributed by atoms with E-state index in [-0.39, 0.29) is 5.41 Å². The fraction of sp³-hybridized carbons (Fsp3) is 0.750. The zero-order valence-corrected chi connectivity index (χ0v) is 13.6. The van der Waals surface area contributed by atoms with Crippen LogP contribution < -0.4 is 0 Å². The molecule has 4 heteroatoms. The molecule has 1 aromatic rings. The molecule has 0 aromatic carbocycles. The Kier molecular flexibility index (Phi) is 4.52. The van der Waals surface area contributed by atoms with Crippen molar-refractivity contribution in [3.8, 4) is 0 Å². The standard InChI is InChI=1S/C16H25NO2S/c1-15(2,3)12-11-20-13(17-12)10-16(14(18)19)8-6-4-5-7-9-16/h11H,4-10H2,1-3H3,(H,18,19). The van der Waals surface area contributed by atoms with Crippen LogP contribution in [0.2, 0.25) is 0 Å². The van der Waals surface area contributed by atoms with Crippen molar-refractivity contribution < 1.29 is 9.90 Å². The van der Waals surface area contributed by atoms with Gasteiger partial charge in [0.25, 0.3) is 0 Å². The van der Waals surface area contributed by atoms with Gasteiger partial charge in [-0.15, -0.1) is 11.3 Å². The Hall–Kier alpha value is -0.900. The number of nitrogens with zero attached hydrogens (tertiary/aromatic N) is 1. The van der Waals surface area contributed by atoms with E-state index in [1.54, 1.807) is 11.3 Å². The van der Waals surface area contributed by atoms with Gasteiger partial charge in [-0.2, -0.15) is 0 Å². The van der Waals surface area contributed by atoms with Crippen molar-refractivity contribution in [1.29, 1.82) is 0 Å². The van der Waals surface area contributed by atoms with E-state index >= 15 is 0 Å². The first kappa shape index (κ1) is 15.5. The smallest absolute Gasteiger partial charge is 0.310 e. The van der Waals surface area contributed by atoms with E-state index in [0.717, 1.165) is 36.4 Å². The van der Waals surface area contributed by atoms with Crippen LogP contribution in [0.1, 0.15) is 70.0 Å². The van der Waals surface area contributed by atoms with Crippen molar-refractivity contribution >= 4 is 17.3 Å². The largest absolute Gasteiger partial charge is 0.481 e. The molecule has 0 saturated heterocycles. The molecule has 20 heavy (non-hydrogen) atoms. The number of hydrogen-bond acceptors (Lipinski definition) is 3. The SMILES string of the molecule is CC(C)(C)c1csc(CC2(C(=O)O)CCCCCC2)n1. The van der Waals surface area contributed by atoms with Gasteiger partial charge in [0.1, 0.15) is 0 Å². The fourth-order valence-corrected chi connectivity index (χ4v) is 4.06. The lowest BCUT2D eigenvalue weighted by Gasteiger charge is -2.27. The summed E-state index contributed by atoms with van der Waals surface area (Å²) in [6.07, 6.45) is 6.59. The van der Waals surface area contributed by atoms with Crippen molar-refractivity contribution in [2.45, 2.75) is 71.1 Å². The van der Waals surface area contributed by atoms with Gasteiger partial charge in [0, 0.05) is 17.2 Å². The van der Waals surface area contributed by atoms with Gasteiger partial charge in [-0.25, -0.2) is 4.98 Å². The van der Waals surface area contributed by atoms with E-state index in [4.69, 9.17) is 0 Å². The van der Waals surface area contributed by atoms with Crippen molar-refractivity contribution in [2.75, 3.05) is 0 Å². The predicted molar refractivity (Wildman–Crippen MR) is 82.3 cm³/mol. The van der Waals surface area contributed by atoms with Crippen LogP contribution in [0.25, 0.3) is 0 Å². The summed E-state index contributed by atoms with van der Waals surface area (Å²) in [7, 11) is 0. The highest BCUT2D eigenvalue weighted by Gasteiger charge is 2.39. The molecule has 0 aliphatic heterocycles.